The number of carbonyl (C=O) groups is 2. The van der Waals surface area contributed by atoms with Crippen LogP contribution in [0.2, 0.25) is 0 Å². The monoisotopic (exact) mass is 544 g/mol. The third-order valence-corrected chi connectivity index (χ3v) is 10.6. The van der Waals surface area contributed by atoms with Gasteiger partial charge < -0.3 is 24.6 Å². The average Bonchev–Trinajstić information content (AvgIpc) is 3.58. The molecule has 2 saturated carbocycles. The van der Waals surface area contributed by atoms with Gasteiger partial charge in [-0.3, -0.25) is 9.69 Å². The normalized spacial score (nSPS) is 34.1. The molecule has 0 radical (unpaired) electrons. The number of piperidine rings is 1. The van der Waals surface area contributed by atoms with Crippen LogP contribution in [0.1, 0.15) is 78.4 Å². The van der Waals surface area contributed by atoms with Crippen molar-refractivity contribution in [2.45, 2.75) is 87.0 Å². The molecule has 2 bridgehead atoms. The van der Waals surface area contributed by atoms with Crippen molar-refractivity contribution in [2.24, 2.45) is 5.92 Å². The molecule has 6 atom stereocenters. The Kier molecular flexibility index (Phi) is 5.37. The van der Waals surface area contributed by atoms with Gasteiger partial charge in [0.05, 0.1) is 22.6 Å². The highest BCUT2D eigenvalue weighted by molar-refractivity contribution is 5.91. The summed E-state index contributed by atoms with van der Waals surface area (Å²) in [4.78, 5) is 26.9. The van der Waals surface area contributed by atoms with Crippen LogP contribution in [0.5, 0.6) is 5.75 Å². The summed E-state index contributed by atoms with van der Waals surface area (Å²) in [6.07, 6.45) is 5.78. The molecule has 3 aliphatic carbocycles. The number of likely N-dealkylation sites (tertiary alicyclic amines) is 1. The van der Waals surface area contributed by atoms with E-state index in [0.717, 1.165) is 48.8 Å². The first-order valence-electron chi connectivity index (χ1n) is 14.9. The maximum atomic E-state index is 12.9. The van der Waals surface area contributed by atoms with Crippen molar-refractivity contribution in [3.63, 3.8) is 0 Å². The number of fused-ring (bicyclic) bond motifs is 4. The Morgan fingerprint density at radius 3 is 2.90 bits per heavy atom. The molecule has 8 heteroatoms. The Hall–Kier alpha value is -3.10. The van der Waals surface area contributed by atoms with Crippen LogP contribution >= 0.6 is 0 Å². The average molecular weight is 545 g/mol. The predicted octanol–water partition coefficient (Wildman–Crippen LogP) is 3.90. The lowest BCUT2D eigenvalue weighted by Crippen LogP contribution is -2.78. The summed E-state index contributed by atoms with van der Waals surface area (Å²) in [7, 11) is 0. The van der Waals surface area contributed by atoms with Crippen molar-refractivity contribution in [3.8, 4) is 5.75 Å². The Morgan fingerprint density at radius 1 is 1.20 bits per heavy atom. The van der Waals surface area contributed by atoms with E-state index in [1.54, 1.807) is 6.07 Å². The quantitative estimate of drug-likeness (QED) is 0.400. The summed E-state index contributed by atoms with van der Waals surface area (Å²) in [5.74, 6) is 0.845. The minimum Gasteiger partial charge on any atom is -0.487 e. The predicted molar refractivity (Wildman–Crippen MR) is 146 cm³/mol. The molecule has 3 fully saturated rings. The van der Waals surface area contributed by atoms with Crippen molar-refractivity contribution in [1.82, 2.24) is 4.90 Å². The van der Waals surface area contributed by atoms with Crippen LogP contribution in [-0.2, 0) is 26.1 Å². The lowest BCUT2D eigenvalue weighted by Gasteiger charge is -2.65. The van der Waals surface area contributed by atoms with Gasteiger partial charge in [0.2, 0.25) is 6.79 Å². The van der Waals surface area contributed by atoms with E-state index < -0.39 is 23.8 Å². The highest BCUT2D eigenvalue weighted by atomic mass is 16.7. The van der Waals surface area contributed by atoms with E-state index >= 15 is 0 Å². The van der Waals surface area contributed by atoms with Gasteiger partial charge in [-0.15, -0.1) is 0 Å². The summed E-state index contributed by atoms with van der Waals surface area (Å²) >= 11 is 0. The zero-order valence-corrected chi connectivity index (χ0v) is 22.9. The summed E-state index contributed by atoms with van der Waals surface area (Å²) < 4.78 is 17.0. The standard InChI is InChI=1S/C32H36N2O6/c1-2-4-26(35)38-17-39-30(36)20-9-10-21-22-15-32(37)25-14-19-5-3-6-24-27(19)31(32,11-12-34(25)16-18-7-8-18)29(40-24)28(22)33-23(21)13-20/h3,5-6,9-10,13,18,22,25,28-29,33,37H,2,4,7-8,11-12,14-17H2,1H3. The van der Waals surface area contributed by atoms with E-state index in [-0.39, 0.29) is 30.1 Å². The molecular formula is C32H36N2O6. The number of carbonyl (C=O) groups excluding carboxylic acids is 2. The number of anilines is 1. The first-order valence-corrected chi connectivity index (χ1v) is 14.9. The highest BCUT2D eigenvalue weighted by Crippen LogP contribution is 2.67. The van der Waals surface area contributed by atoms with E-state index in [1.165, 1.54) is 24.0 Å². The zero-order valence-electron chi connectivity index (χ0n) is 22.9. The zero-order chi connectivity index (χ0) is 27.2. The van der Waals surface area contributed by atoms with Gasteiger partial charge in [-0.25, -0.2) is 4.79 Å². The fraction of sp³-hybridized carbons (Fsp3) is 0.562. The molecule has 210 valence electrons. The summed E-state index contributed by atoms with van der Waals surface area (Å²) in [5, 5.41) is 16.7. The Balaban J connectivity index is 1.12. The van der Waals surface area contributed by atoms with E-state index in [0.29, 0.717) is 24.8 Å². The number of esters is 2. The number of ether oxygens (including phenoxy) is 3. The van der Waals surface area contributed by atoms with Crippen LogP contribution in [0.25, 0.3) is 0 Å². The molecule has 3 heterocycles. The van der Waals surface area contributed by atoms with Crippen molar-refractivity contribution in [1.29, 1.82) is 0 Å². The van der Waals surface area contributed by atoms with Crippen LogP contribution in [0, 0.1) is 5.92 Å². The lowest BCUT2D eigenvalue weighted by molar-refractivity contribution is -0.191. The topological polar surface area (TPSA) is 97.3 Å². The first-order chi connectivity index (χ1) is 19.4. The van der Waals surface area contributed by atoms with Gasteiger partial charge in [0.1, 0.15) is 11.9 Å². The summed E-state index contributed by atoms with van der Waals surface area (Å²) in [5.41, 5.74) is 3.62. The molecule has 6 unspecified atom stereocenters. The second-order valence-corrected chi connectivity index (χ2v) is 12.7. The molecule has 3 aliphatic heterocycles. The van der Waals surface area contributed by atoms with Gasteiger partial charge in [-0.2, -0.15) is 0 Å². The molecule has 2 N–H and O–H groups in total. The molecule has 1 spiro atoms. The van der Waals surface area contributed by atoms with Crippen molar-refractivity contribution < 1.29 is 28.9 Å². The molecule has 1 saturated heterocycles. The maximum absolute atomic E-state index is 12.9. The van der Waals surface area contributed by atoms with Crippen LogP contribution in [0.3, 0.4) is 0 Å². The summed E-state index contributed by atoms with van der Waals surface area (Å²) in [6.45, 7) is 3.56. The van der Waals surface area contributed by atoms with Crippen LogP contribution < -0.4 is 10.1 Å². The van der Waals surface area contributed by atoms with E-state index in [1.807, 2.05) is 19.1 Å². The van der Waals surface area contributed by atoms with Gasteiger partial charge in [0.25, 0.3) is 0 Å². The van der Waals surface area contributed by atoms with Gasteiger partial charge in [0.15, 0.2) is 0 Å². The van der Waals surface area contributed by atoms with Gasteiger partial charge in [-0.1, -0.05) is 25.1 Å². The van der Waals surface area contributed by atoms with Crippen molar-refractivity contribution in [2.75, 3.05) is 25.2 Å². The minimum atomic E-state index is -0.894. The number of nitrogens with one attached hydrogen (secondary N) is 1. The minimum absolute atomic E-state index is 0.00877. The van der Waals surface area contributed by atoms with E-state index in [2.05, 4.69) is 28.4 Å². The number of hydrogen-bond acceptors (Lipinski definition) is 8. The molecule has 2 aromatic carbocycles. The Labute approximate surface area is 234 Å². The second kappa shape index (κ2) is 8.70. The number of benzene rings is 2. The molecule has 8 rings (SSSR count). The van der Waals surface area contributed by atoms with Crippen molar-refractivity contribution in [3.05, 3.63) is 58.7 Å². The summed E-state index contributed by atoms with van der Waals surface area (Å²) in [6, 6.07) is 12.1. The van der Waals surface area contributed by atoms with Gasteiger partial charge in [-0.05, 0) is 80.3 Å². The SMILES string of the molecule is CCCC(=O)OCOC(=O)c1ccc2c(c1)NC1C2CC2(O)C3Cc4cccc5c4C2(CCN3CC2CC2)C1O5. The molecule has 0 amide bonds. The Morgan fingerprint density at radius 2 is 2.08 bits per heavy atom. The van der Waals surface area contributed by atoms with Gasteiger partial charge in [0, 0.05) is 36.2 Å². The number of aliphatic hydroxyl groups is 1. The first kappa shape index (κ1) is 24.7. The molecule has 8 nitrogen and oxygen atoms in total. The molecule has 40 heavy (non-hydrogen) atoms. The number of rotatable bonds is 7. The van der Waals surface area contributed by atoms with Crippen LogP contribution in [0.15, 0.2) is 36.4 Å². The van der Waals surface area contributed by atoms with E-state index in [4.69, 9.17) is 14.2 Å². The maximum Gasteiger partial charge on any atom is 0.341 e. The van der Waals surface area contributed by atoms with Crippen LogP contribution in [-0.4, -0.2) is 65.6 Å². The third-order valence-electron chi connectivity index (χ3n) is 10.6. The lowest BCUT2D eigenvalue weighted by atomic mass is 9.46. The number of nitrogens with zero attached hydrogens (tertiary/aromatic N) is 1. The fourth-order valence-corrected chi connectivity index (χ4v) is 8.78. The Bertz CT molecular complexity index is 1410. The molecular weight excluding hydrogens is 508 g/mol. The second-order valence-electron chi connectivity index (χ2n) is 12.7. The molecule has 2 aromatic rings. The van der Waals surface area contributed by atoms with Crippen molar-refractivity contribution >= 4 is 17.6 Å². The molecule has 0 aromatic heterocycles. The van der Waals surface area contributed by atoms with E-state index in [9.17, 15) is 14.7 Å². The largest absolute Gasteiger partial charge is 0.487 e. The third kappa shape index (κ3) is 3.32. The highest BCUT2D eigenvalue weighted by Gasteiger charge is 2.75. The number of hydrogen-bond donors (Lipinski definition) is 2. The van der Waals surface area contributed by atoms with Gasteiger partial charge >= 0.3 is 11.9 Å². The molecule has 6 aliphatic rings. The smallest absolute Gasteiger partial charge is 0.341 e. The fourth-order valence-electron chi connectivity index (χ4n) is 8.78. The van der Waals surface area contributed by atoms with Crippen LogP contribution in [0.4, 0.5) is 5.69 Å².